The third kappa shape index (κ3) is 5.61. The molecule has 1 rings (SSSR count). The van der Waals surface area contributed by atoms with Gasteiger partial charge in [-0.1, -0.05) is 26.2 Å². The third-order valence-corrected chi connectivity index (χ3v) is 4.24. The highest BCUT2D eigenvalue weighted by Gasteiger charge is 2.12. The molecule has 19 heavy (non-hydrogen) atoms. The first-order chi connectivity index (χ1) is 9.10. The van der Waals surface area contributed by atoms with E-state index in [-0.39, 0.29) is 4.90 Å². The zero-order valence-electron chi connectivity index (χ0n) is 11.7. The van der Waals surface area contributed by atoms with Gasteiger partial charge in [0.05, 0.1) is 11.5 Å². The van der Waals surface area contributed by atoms with Crippen molar-refractivity contribution in [3.05, 3.63) is 24.3 Å². The summed E-state index contributed by atoms with van der Waals surface area (Å²) >= 11 is 0. The molecule has 1 aromatic rings. The van der Waals surface area contributed by atoms with Crippen LogP contribution >= 0.6 is 0 Å². The van der Waals surface area contributed by atoms with E-state index in [2.05, 4.69) is 11.6 Å². The number of benzene rings is 1. The molecule has 0 aromatic heterocycles. The molecule has 1 N–H and O–H groups in total. The van der Waals surface area contributed by atoms with Crippen LogP contribution < -0.4 is 9.46 Å². The fraction of sp³-hybridized carbons (Fsp3) is 0.571. The highest BCUT2D eigenvalue weighted by Crippen LogP contribution is 2.15. The SMILES string of the molecule is CCCCCCNS(=O)(=O)c1ccc(OCC)cc1. The third-order valence-electron chi connectivity index (χ3n) is 2.77. The summed E-state index contributed by atoms with van der Waals surface area (Å²) in [5.74, 6) is 0.685. The molecule has 0 fully saturated rings. The van der Waals surface area contributed by atoms with E-state index in [9.17, 15) is 8.42 Å². The van der Waals surface area contributed by atoms with Crippen LogP contribution in [0.25, 0.3) is 0 Å². The monoisotopic (exact) mass is 285 g/mol. The van der Waals surface area contributed by atoms with Gasteiger partial charge in [0.15, 0.2) is 0 Å². The topological polar surface area (TPSA) is 55.4 Å². The largest absolute Gasteiger partial charge is 0.494 e. The summed E-state index contributed by atoms with van der Waals surface area (Å²) in [6.07, 6.45) is 4.23. The van der Waals surface area contributed by atoms with Crippen LogP contribution in [-0.4, -0.2) is 21.6 Å². The summed E-state index contributed by atoms with van der Waals surface area (Å²) in [6, 6.07) is 6.49. The Morgan fingerprint density at radius 2 is 1.74 bits per heavy atom. The minimum Gasteiger partial charge on any atom is -0.494 e. The van der Waals surface area contributed by atoms with E-state index in [4.69, 9.17) is 4.74 Å². The second kappa shape index (κ2) is 8.17. The number of sulfonamides is 1. The predicted molar refractivity (Wildman–Crippen MR) is 76.9 cm³/mol. The van der Waals surface area contributed by atoms with Crippen LogP contribution in [0.4, 0.5) is 0 Å². The van der Waals surface area contributed by atoms with Crippen molar-refractivity contribution in [3.63, 3.8) is 0 Å². The van der Waals surface area contributed by atoms with Crippen LogP contribution in [-0.2, 0) is 10.0 Å². The second-order valence-electron chi connectivity index (χ2n) is 4.36. The van der Waals surface area contributed by atoms with Crippen LogP contribution in [0.15, 0.2) is 29.2 Å². The van der Waals surface area contributed by atoms with Crippen molar-refractivity contribution < 1.29 is 13.2 Å². The van der Waals surface area contributed by atoms with Crippen LogP contribution in [0, 0.1) is 0 Å². The maximum atomic E-state index is 12.0. The molecule has 0 spiro atoms. The summed E-state index contributed by atoms with van der Waals surface area (Å²) in [5.41, 5.74) is 0. The molecule has 0 unspecified atom stereocenters. The Balaban J connectivity index is 2.52. The van der Waals surface area contributed by atoms with E-state index in [1.807, 2.05) is 6.92 Å². The van der Waals surface area contributed by atoms with E-state index in [1.54, 1.807) is 24.3 Å². The Bertz CT molecular complexity index is 454. The first kappa shape index (κ1) is 16.0. The van der Waals surface area contributed by atoms with Gasteiger partial charge in [0, 0.05) is 6.54 Å². The van der Waals surface area contributed by atoms with Crippen molar-refractivity contribution in [1.82, 2.24) is 4.72 Å². The van der Waals surface area contributed by atoms with Gasteiger partial charge in [0.2, 0.25) is 10.0 Å². The van der Waals surface area contributed by atoms with Crippen molar-refractivity contribution in [2.45, 2.75) is 44.4 Å². The highest BCUT2D eigenvalue weighted by molar-refractivity contribution is 7.89. The highest BCUT2D eigenvalue weighted by atomic mass is 32.2. The zero-order chi connectivity index (χ0) is 14.1. The van der Waals surface area contributed by atoms with E-state index in [0.29, 0.717) is 18.9 Å². The molecule has 0 atom stereocenters. The Kier molecular flexibility index (Phi) is 6.87. The lowest BCUT2D eigenvalue weighted by Gasteiger charge is -2.08. The molecule has 0 aliphatic heterocycles. The van der Waals surface area contributed by atoms with Gasteiger partial charge >= 0.3 is 0 Å². The molecule has 5 heteroatoms. The minimum atomic E-state index is -3.38. The molecule has 0 bridgehead atoms. The molecule has 0 aliphatic carbocycles. The summed E-state index contributed by atoms with van der Waals surface area (Å²) in [4.78, 5) is 0.284. The van der Waals surface area contributed by atoms with Gasteiger partial charge in [-0.15, -0.1) is 0 Å². The number of hydrogen-bond donors (Lipinski definition) is 1. The Labute approximate surface area is 116 Å². The fourth-order valence-corrected chi connectivity index (χ4v) is 2.80. The summed E-state index contributed by atoms with van der Waals surface area (Å²) < 4.78 is 31.9. The van der Waals surface area contributed by atoms with E-state index >= 15 is 0 Å². The maximum absolute atomic E-state index is 12.0. The average molecular weight is 285 g/mol. The smallest absolute Gasteiger partial charge is 0.240 e. The Hall–Kier alpha value is -1.07. The number of unbranched alkanes of at least 4 members (excludes halogenated alkanes) is 3. The lowest BCUT2D eigenvalue weighted by Crippen LogP contribution is -2.24. The first-order valence-corrected chi connectivity index (χ1v) is 8.31. The number of hydrogen-bond acceptors (Lipinski definition) is 3. The van der Waals surface area contributed by atoms with Crippen LogP contribution in [0.1, 0.15) is 39.5 Å². The molecule has 0 saturated heterocycles. The van der Waals surface area contributed by atoms with E-state index in [0.717, 1.165) is 25.7 Å². The molecule has 4 nitrogen and oxygen atoms in total. The minimum absolute atomic E-state index is 0.284. The van der Waals surface area contributed by atoms with Crippen molar-refractivity contribution in [3.8, 4) is 5.75 Å². The van der Waals surface area contributed by atoms with Gasteiger partial charge in [0.25, 0.3) is 0 Å². The quantitative estimate of drug-likeness (QED) is 0.710. The van der Waals surface area contributed by atoms with E-state index in [1.165, 1.54) is 0 Å². The van der Waals surface area contributed by atoms with Crippen LogP contribution in [0.3, 0.4) is 0 Å². The van der Waals surface area contributed by atoms with E-state index < -0.39 is 10.0 Å². The second-order valence-corrected chi connectivity index (χ2v) is 6.13. The first-order valence-electron chi connectivity index (χ1n) is 6.82. The fourth-order valence-electron chi connectivity index (χ4n) is 1.72. The Morgan fingerprint density at radius 3 is 2.32 bits per heavy atom. The van der Waals surface area contributed by atoms with Crippen molar-refractivity contribution >= 4 is 10.0 Å². The lowest BCUT2D eigenvalue weighted by atomic mass is 10.2. The van der Waals surface area contributed by atoms with Crippen molar-refractivity contribution in [2.75, 3.05) is 13.2 Å². The van der Waals surface area contributed by atoms with Crippen molar-refractivity contribution in [2.24, 2.45) is 0 Å². The van der Waals surface area contributed by atoms with Gasteiger partial charge < -0.3 is 4.74 Å². The summed E-state index contributed by atoms with van der Waals surface area (Å²) in [5, 5.41) is 0. The number of rotatable bonds is 9. The number of ether oxygens (including phenoxy) is 1. The van der Waals surface area contributed by atoms with Gasteiger partial charge in [-0.25, -0.2) is 13.1 Å². The van der Waals surface area contributed by atoms with Gasteiger partial charge in [-0.3, -0.25) is 0 Å². The standard InChI is InChI=1S/C14H23NO3S/c1-3-5-6-7-12-15-19(16,17)14-10-8-13(9-11-14)18-4-2/h8-11,15H,3-7,12H2,1-2H3. The van der Waals surface area contributed by atoms with Crippen molar-refractivity contribution in [1.29, 1.82) is 0 Å². The van der Waals surface area contributed by atoms with Gasteiger partial charge in [-0.2, -0.15) is 0 Å². The molecule has 1 aromatic carbocycles. The summed E-state index contributed by atoms with van der Waals surface area (Å²) in [7, 11) is -3.38. The summed E-state index contributed by atoms with van der Waals surface area (Å²) in [6.45, 7) is 5.09. The molecule has 0 aliphatic rings. The molecule has 0 heterocycles. The van der Waals surface area contributed by atoms with Gasteiger partial charge in [0.1, 0.15) is 5.75 Å². The zero-order valence-corrected chi connectivity index (χ0v) is 12.5. The predicted octanol–water partition coefficient (Wildman–Crippen LogP) is 2.94. The molecule has 0 amide bonds. The average Bonchev–Trinajstić information content (AvgIpc) is 2.39. The maximum Gasteiger partial charge on any atom is 0.240 e. The normalized spacial score (nSPS) is 11.5. The van der Waals surface area contributed by atoms with Crippen LogP contribution in [0.5, 0.6) is 5.75 Å². The molecule has 0 radical (unpaired) electrons. The molecule has 0 saturated carbocycles. The number of nitrogens with one attached hydrogen (secondary N) is 1. The Morgan fingerprint density at radius 1 is 1.05 bits per heavy atom. The van der Waals surface area contributed by atoms with Gasteiger partial charge in [-0.05, 0) is 37.6 Å². The molecular weight excluding hydrogens is 262 g/mol. The van der Waals surface area contributed by atoms with Crippen LogP contribution in [0.2, 0.25) is 0 Å². The lowest BCUT2D eigenvalue weighted by molar-refractivity contribution is 0.340. The molecular formula is C14H23NO3S. The molecule has 108 valence electrons.